The molecule has 2 aromatic rings. The molecule has 2 aromatic carbocycles. The molecular weight excluding hydrogens is 292 g/mol. The number of carbonyl (C=O) groups is 1. The van der Waals surface area contributed by atoms with Gasteiger partial charge in [-0.25, -0.2) is 0 Å². The number of benzene rings is 2. The van der Waals surface area contributed by atoms with E-state index in [0.717, 1.165) is 11.3 Å². The Morgan fingerprint density at radius 1 is 1.09 bits per heavy atom. The number of phenolic OH excluding ortho intramolecular Hbond substituents is 1. The van der Waals surface area contributed by atoms with Gasteiger partial charge in [-0.3, -0.25) is 4.79 Å². The van der Waals surface area contributed by atoms with Gasteiger partial charge in [-0.05, 0) is 18.2 Å². The van der Waals surface area contributed by atoms with Crippen molar-refractivity contribution in [2.75, 3.05) is 31.6 Å². The quantitative estimate of drug-likeness (QED) is 0.910. The summed E-state index contributed by atoms with van der Waals surface area (Å²) in [6.45, 7) is 2.86. The Balaban J connectivity index is 1.75. The van der Waals surface area contributed by atoms with Gasteiger partial charge in [-0.1, -0.05) is 30.3 Å². The summed E-state index contributed by atoms with van der Waals surface area (Å²) in [5.41, 5.74) is 2.21. The highest BCUT2D eigenvalue weighted by Crippen LogP contribution is 2.21. The molecule has 0 aliphatic carbocycles. The minimum atomic E-state index is 0.00804. The highest BCUT2D eigenvalue weighted by atomic mass is 16.5. The average Bonchev–Trinajstić information content (AvgIpc) is 2.61. The van der Waals surface area contributed by atoms with Gasteiger partial charge in [0.05, 0.1) is 18.8 Å². The van der Waals surface area contributed by atoms with Crippen LogP contribution in [0.5, 0.6) is 5.75 Å². The molecule has 5 heteroatoms. The molecule has 0 aromatic heterocycles. The van der Waals surface area contributed by atoms with Crippen molar-refractivity contribution in [3.63, 3.8) is 0 Å². The molecule has 1 fully saturated rings. The Labute approximate surface area is 135 Å². The Hall–Kier alpha value is -2.53. The van der Waals surface area contributed by atoms with Crippen LogP contribution in [-0.4, -0.2) is 42.2 Å². The van der Waals surface area contributed by atoms with E-state index in [0.29, 0.717) is 38.4 Å². The third kappa shape index (κ3) is 3.63. The van der Waals surface area contributed by atoms with E-state index >= 15 is 0 Å². The van der Waals surface area contributed by atoms with Gasteiger partial charge < -0.3 is 20.1 Å². The Morgan fingerprint density at radius 2 is 1.78 bits per heavy atom. The van der Waals surface area contributed by atoms with Crippen LogP contribution in [0.25, 0.3) is 0 Å². The summed E-state index contributed by atoms with van der Waals surface area (Å²) < 4.78 is 5.30. The number of phenols is 1. The highest BCUT2D eigenvalue weighted by Gasteiger charge is 2.20. The summed E-state index contributed by atoms with van der Waals surface area (Å²) in [6, 6.07) is 14.6. The minimum absolute atomic E-state index is 0.00804. The number of carbonyl (C=O) groups excluding carboxylic acids is 1. The van der Waals surface area contributed by atoms with E-state index in [1.54, 1.807) is 12.1 Å². The van der Waals surface area contributed by atoms with Crippen molar-refractivity contribution in [1.29, 1.82) is 0 Å². The average molecular weight is 312 g/mol. The standard InChI is InChI=1S/C18H20N2O3/c21-17-8-4-1-5-14(17)13-19-16-7-3-2-6-15(16)18(22)20-9-11-23-12-10-20/h1-8,19,21H,9-13H2. The van der Waals surface area contributed by atoms with Gasteiger partial charge in [0.1, 0.15) is 5.75 Å². The van der Waals surface area contributed by atoms with Crippen LogP contribution in [0, 0.1) is 0 Å². The Kier molecular flexibility index (Phi) is 4.78. The molecule has 3 rings (SSSR count). The molecular formula is C18H20N2O3. The van der Waals surface area contributed by atoms with Crippen molar-refractivity contribution >= 4 is 11.6 Å². The first kappa shape index (κ1) is 15.4. The number of ether oxygens (including phenoxy) is 1. The normalized spacial score (nSPS) is 14.5. The molecule has 2 N–H and O–H groups in total. The third-order valence-electron chi connectivity index (χ3n) is 3.92. The van der Waals surface area contributed by atoms with Crippen LogP contribution in [0.2, 0.25) is 0 Å². The maximum Gasteiger partial charge on any atom is 0.256 e. The summed E-state index contributed by atoms with van der Waals surface area (Å²) >= 11 is 0. The Bertz CT molecular complexity index is 681. The first-order valence-corrected chi connectivity index (χ1v) is 7.72. The monoisotopic (exact) mass is 312 g/mol. The van der Waals surface area contributed by atoms with Crippen molar-refractivity contribution in [3.05, 3.63) is 59.7 Å². The van der Waals surface area contributed by atoms with Crippen LogP contribution < -0.4 is 5.32 Å². The summed E-state index contributed by atoms with van der Waals surface area (Å²) in [5, 5.41) is 13.1. The molecule has 0 spiro atoms. The Morgan fingerprint density at radius 3 is 2.57 bits per heavy atom. The van der Waals surface area contributed by atoms with Crippen molar-refractivity contribution in [2.45, 2.75) is 6.54 Å². The van der Waals surface area contributed by atoms with Crippen LogP contribution in [0.15, 0.2) is 48.5 Å². The summed E-state index contributed by atoms with van der Waals surface area (Å²) in [6.07, 6.45) is 0. The zero-order valence-corrected chi connectivity index (χ0v) is 12.9. The molecule has 1 aliphatic rings. The second-order valence-corrected chi connectivity index (χ2v) is 5.43. The van der Waals surface area contributed by atoms with Gasteiger partial charge in [0, 0.05) is 30.9 Å². The number of hydrogen-bond acceptors (Lipinski definition) is 4. The smallest absolute Gasteiger partial charge is 0.256 e. The number of aromatic hydroxyl groups is 1. The minimum Gasteiger partial charge on any atom is -0.508 e. The van der Waals surface area contributed by atoms with Gasteiger partial charge in [0.2, 0.25) is 0 Å². The lowest BCUT2D eigenvalue weighted by molar-refractivity contribution is 0.0303. The zero-order chi connectivity index (χ0) is 16.1. The molecule has 1 saturated heterocycles. The number of morpholine rings is 1. The molecule has 0 saturated carbocycles. The summed E-state index contributed by atoms with van der Waals surface area (Å²) in [4.78, 5) is 14.5. The predicted octanol–water partition coefficient (Wildman–Crippen LogP) is 2.48. The lowest BCUT2D eigenvalue weighted by Crippen LogP contribution is -2.40. The molecule has 120 valence electrons. The van der Waals surface area contributed by atoms with Crippen LogP contribution in [0.3, 0.4) is 0 Å². The fraction of sp³-hybridized carbons (Fsp3) is 0.278. The largest absolute Gasteiger partial charge is 0.508 e. The molecule has 1 aliphatic heterocycles. The first-order valence-electron chi connectivity index (χ1n) is 7.72. The van der Waals surface area contributed by atoms with E-state index in [1.807, 2.05) is 41.3 Å². The molecule has 1 amide bonds. The van der Waals surface area contributed by atoms with Crippen molar-refractivity contribution in [2.24, 2.45) is 0 Å². The van der Waals surface area contributed by atoms with E-state index in [-0.39, 0.29) is 11.7 Å². The summed E-state index contributed by atoms with van der Waals surface area (Å²) in [5.74, 6) is 0.255. The van der Waals surface area contributed by atoms with Gasteiger partial charge in [-0.15, -0.1) is 0 Å². The van der Waals surface area contributed by atoms with Crippen LogP contribution in [0.1, 0.15) is 15.9 Å². The van der Waals surface area contributed by atoms with Gasteiger partial charge in [0.25, 0.3) is 5.91 Å². The lowest BCUT2D eigenvalue weighted by Gasteiger charge is -2.27. The second-order valence-electron chi connectivity index (χ2n) is 5.43. The number of hydrogen-bond donors (Lipinski definition) is 2. The maximum absolute atomic E-state index is 12.7. The topological polar surface area (TPSA) is 61.8 Å². The van der Waals surface area contributed by atoms with Crippen molar-refractivity contribution < 1.29 is 14.6 Å². The molecule has 0 unspecified atom stereocenters. The number of nitrogens with one attached hydrogen (secondary N) is 1. The number of para-hydroxylation sites is 2. The predicted molar refractivity (Wildman–Crippen MR) is 88.6 cm³/mol. The van der Waals surface area contributed by atoms with E-state index in [9.17, 15) is 9.90 Å². The number of anilines is 1. The number of nitrogens with zero attached hydrogens (tertiary/aromatic N) is 1. The molecule has 0 atom stereocenters. The molecule has 23 heavy (non-hydrogen) atoms. The first-order chi connectivity index (χ1) is 11.3. The number of rotatable bonds is 4. The van der Waals surface area contributed by atoms with E-state index < -0.39 is 0 Å². The molecule has 5 nitrogen and oxygen atoms in total. The fourth-order valence-corrected chi connectivity index (χ4v) is 2.61. The number of amides is 1. The third-order valence-corrected chi connectivity index (χ3v) is 3.92. The van der Waals surface area contributed by atoms with Crippen LogP contribution in [0.4, 0.5) is 5.69 Å². The van der Waals surface area contributed by atoms with Gasteiger partial charge >= 0.3 is 0 Å². The van der Waals surface area contributed by atoms with Gasteiger partial charge in [-0.2, -0.15) is 0 Å². The van der Waals surface area contributed by atoms with Gasteiger partial charge in [0.15, 0.2) is 0 Å². The summed E-state index contributed by atoms with van der Waals surface area (Å²) in [7, 11) is 0. The lowest BCUT2D eigenvalue weighted by atomic mass is 10.1. The zero-order valence-electron chi connectivity index (χ0n) is 12.9. The van der Waals surface area contributed by atoms with Crippen LogP contribution >= 0.6 is 0 Å². The van der Waals surface area contributed by atoms with Crippen LogP contribution in [-0.2, 0) is 11.3 Å². The van der Waals surface area contributed by atoms with E-state index in [2.05, 4.69) is 5.32 Å². The van der Waals surface area contributed by atoms with E-state index in [4.69, 9.17) is 4.74 Å². The maximum atomic E-state index is 12.7. The van der Waals surface area contributed by atoms with E-state index in [1.165, 1.54) is 0 Å². The van der Waals surface area contributed by atoms with Crippen molar-refractivity contribution in [3.8, 4) is 5.75 Å². The molecule has 0 bridgehead atoms. The van der Waals surface area contributed by atoms with Crippen molar-refractivity contribution in [1.82, 2.24) is 4.90 Å². The fourth-order valence-electron chi connectivity index (χ4n) is 2.61. The molecule has 0 radical (unpaired) electrons. The second kappa shape index (κ2) is 7.15. The highest BCUT2D eigenvalue weighted by molar-refractivity contribution is 5.99. The molecule has 1 heterocycles. The SMILES string of the molecule is O=C(c1ccccc1NCc1ccccc1O)N1CCOCC1.